The summed E-state index contributed by atoms with van der Waals surface area (Å²) in [4.78, 5) is 10.7. The van der Waals surface area contributed by atoms with E-state index in [4.69, 9.17) is 10.8 Å². The molecule has 0 amide bonds. The maximum atomic E-state index is 10.7. The fourth-order valence-electron chi connectivity index (χ4n) is 1.13. The first kappa shape index (κ1) is 10.3. The van der Waals surface area contributed by atoms with Gasteiger partial charge in [0.25, 0.3) is 0 Å². The first-order chi connectivity index (χ1) is 6.57. The van der Waals surface area contributed by atoms with Crippen LogP contribution in [0.15, 0.2) is 30.9 Å². The SMILES string of the molecule is C=C[C@@H](N)c1cccc(C(=O)O)c1O. The van der Waals surface area contributed by atoms with Crippen molar-refractivity contribution in [3.8, 4) is 5.75 Å². The molecule has 0 aliphatic heterocycles. The molecule has 1 atom stereocenters. The molecule has 1 rings (SSSR count). The van der Waals surface area contributed by atoms with Gasteiger partial charge in [-0.2, -0.15) is 0 Å². The Morgan fingerprint density at radius 1 is 1.57 bits per heavy atom. The molecule has 1 aromatic carbocycles. The lowest BCUT2D eigenvalue weighted by Gasteiger charge is -2.10. The lowest BCUT2D eigenvalue weighted by atomic mass is 10.0. The molecule has 4 nitrogen and oxygen atoms in total. The van der Waals surface area contributed by atoms with Crippen molar-refractivity contribution in [1.29, 1.82) is 0 Å². The number of aromatic hydroxyl groups is 1. The van der Waals surface area contributed by atoms with Crippen LogP contribution in [0.2, 0.25) is 0 Å². The zero-order chi connectivity index (χ0) is 10.7. The van der Waals surface area contributed by atoms with Gasteiger partial charge in [-0.05, 0) is 6.07 Å². The predicted octanol–water partition coefficient (Wildman–Crippen LogP) is 1.28. The Kier molecular flexibility index (Phi) is 2.89. The van der Waals surface area contributed by atoms with Gasteiger partial charge in [0, 0.05) is 5.56 Å². The highest BCUT2D eigenvalue weighted by Crippen LogP contribution is 2.27. The molecule has 0 saturated heterocycles. The lowest BCUT2D eigenvalue weighted by Crippen LogP contribution is -2.08. The normalized spacial score (nSPS) is 12.1. The minimum Gasteiger partial charge on any atom is -0.507 e. The summed E-state index contributed by atoms with van der Waals surface area (Å²) < 4.78 is 0. The van der Waals surface area contributed by atoms with Crippen molar-refractivity contribution >= 4 is 5.97 Å². The minimum atomic E-state index is -1.18. The van der Waals surface area contributed by atoms with E-state index in [2.05, 4.69) is 6.58 Å². The number of aromatic carboxylic acids is 1. The number of carbonyl (C=O) groups is 1. The van der Waals surface area contributed by atoms with E-state index in [-0.39, 0.29) is 11.3 Å². The molecule has 0 spiro atoms. The lowest BCUT2D eigenvalue weighted by molar-refractivity contribution is 0.0693. The molecule has 0 aromatic heterocycles. The highest BCUT2D eigenvalue weighted by atomic mass is 16.4. The molecule has 74 valence electrons. The van der Waals surface area contributed by atoms with Crippen molar-refractivity contribution in [2.45, 2.75) is 6.04 Å². The van der Waals surface area contributed by atoms with Crippen LogP contribution in [0, 0.1) is 0 Å². The van der Waals surface area contributed by atoms with Crippen LogP contribution in [0.4, 0.5) is 0 Å². The van der Waals surface area contributed by atoms with Crippen LogP contribution in [-0.4, -0.2) is 16.2 Å². The van der Waals surface area contributed by atoms with Crippen molar-refractivity contribution in [3.05, 3.63) is 42.0 Å². The van der Waals surface area contributed by atoms with Crippen LogP contribution >= 0.6 is 0 Å². The van der Waals surface area contributed by atoms with Gasteiger partial charge in [0.1, 0.15) is 11.3 Å². The number of phenols is 1. The number of carboxylic acids is 1. The molecule has 0 fully saturated rings. The average Bonchev–Trinajstić information content (AvgIpc) is 2.16. The number of rotatable bonds is 3. The number of para-hydroxylation sites is 1. The summed E-state index contributed by atoms with van der Waals surface area (Å²) in [6, 6.07) is 3.85. The topological polar surface area (TPSA) is 83.6 Å². The Bertz CT molecular complexity index is 374. The van der Waals surface area contributed by atoms with Crippen LogP contribution in [0.1, 0.15) is 22.0 Å². The number of nitrogens with two attached hydrogens (primary N) is 1. The van der Waals surface area contributed by atoms with Gasteiger partial charge in [0.2, 0.25) is 0 Å². The standard InChI is InChI=1S/C10H11NO3/c1-2-8(11)6-4-3-5-7(9(6)12)10(13)14/h2-5,8,12H,1,11H2,(H,13,14)/t8-/m1/s1. The molecule has 4 heteroatoms. The average molecular weight is 193 g/mol. The molecule has 0 unspecified atom stereocenters. The van der Waals surface area contributed by atoms with Crippen molar-refractivity contribution in [3.63, 3.8) is 0 Å². The van der Waals surface area contributed by atoms with Crippen molar-refractivity contribution in [1.82, 2.24) is 0 Å². The number of hydrogen-bond acceptors (Lipinski definition) is 3. The predicted molar refractivity (Wildman–Crippen MR) is 52.2 cm³/mol. The first-order valence-corrected chi connectivity index (χ1v) is 4.01. The van der Waals surface area contributed by atoms with E-state index in [9.17, 15) is 9.90 Å². The monoisotopic (exact) mass is 193 g/mol. The highest BCUT2D eigenvalue weighted by molar-refractivity contribution is 5.91. The van der Waals surface area contributed by atoms with Crippen LogP contribution in [0.3, 0.4) is 0 Å². The first-order valence-electron chi connectivity index (χ1n) is 4.01. The van der Waals surface area contributed by atoms with Crippen molar-refractivity contribution in [2.75, 3.05) is 0 Å². The molecule has 0 saturated carbocycles. The molecule has 4 N–H and O–H groups in total. The van der Waals surface area contributed by atoms with Crippen LogP contribution < -0.4 is 5.73 Å². The van der Waals surface area contributed by atoms with E-state index in [0.717, 1.165) is 0 Å². The third-order valence-corrected chi connectivity index (χ3v) is 1.91. The van der Waals surface area contributed by atoms with Crippen molar-refractivity contribution in [2.24, 2.45) is 5.73 Å². The Morgan fingerprint density at radius 3 is 2.71 bits per heavy atom. The van der Waals surface area contributed by atoms with Gasteiger partial charge < -0.3 is 15.9 Å². The molecule has 0 aliphatic rings. The summed E-state index contributed by atoms with van der Waals surface area (Å²) >= 11 is 0. The molecular formula is C10H11NO3. The van der Waals surface area contributed by atoms with E-state index in [1.54, 1.807) is 6.07 Å². The van der Waals surface area contributed by atoms with Gasteiger partial charge in [0.05, 0.1) is 6.04 Å². The summed E-state index contributed by atoms with van der Waals surface area (Å²) in [7, 11) is 0. The summed E-state index contributed by atoms with van der Waals surface area (Å²) in [6.07, 6.45) is 1.43. The maximum Gasteiger partial charge on any atom is 0.339 e. The second kappa shape index (κ2) is 3.93. The highest BCUT2D eigenvalue weighted by Gasteiger charge is 2.15. The van der Waals surface area contributed by atoms with Gasteiger partial charge in [-0.1, -0.05) is 18.2 Å². The molecule has 0 bridgehead atoms. The van der Waals surface area contributed by atoms with E-state index in [1.807, 2.05) is 0 Å². The smallest absolute Gasteiger partial charge is 0.339 e. The number of benzene rings is 1. The molecule has 0 aliphatic carbocycles. The summed E-state index contributed by atoms with van der Waals surface area (Å²) in [5.41, 5.74) is 5.80. The van der Waals surface area contributed by atoms with Crippen LogP contribution in [-0.2, 0) is 0 Å². The quantitative estimate of drug-likeness (QED) is 0.631. The van der Waals surface area contributed by atoms with Gasteiger partial charge in [-0.15, -0.1) is 6.58 Å². The number of hydrogen-bond donors (Lipinski definition) is 3. The molecule has 14 heavy (non-hydrogen) atoms. The fraction of sp³-hybridized carbons (Fsp3) is 0.100. The second-order valence-electron chi connectivity index (χ2n) is 2.81. The summed E-state index contributed by atoms with van der Waals surface area (Å²) in [5, 5.41) is 18.3. The Hall–Kier alpha value is -1.81. The van der Waals surface area contributed by atoms with E-state index in [0.29, 0.717) is 5.56 Å². The second-order valence-corrected chi connectivity index (χ2v) is 2.81. The van der Waals surface area contributed by atoms with E-state index in [1.165, 1.54) is 18.2 Å². The largest absolute Gasteiger partial charge is 0.507 e. The summed E-state index contributed by atoms with van der Waals surface area (Å²) in [6.45, 7) is 3.47. The summed E-state index contributed by atoms with van der Waals surface area (Å²) in [5.74, 6) is -1.48. The zero-order valence-electron chi connectivity index (χ0n) is 7.47. The van der Waals surface area contributed by atoms with Gasteiger partial charge in [-0.25, -0.2) is 4.79 Å². The number of carboxylic acid groups (broad SMARTS) is 1. The van der Waals surface area contributed by atoms with Crippen LogP contribution in [0.5, 0.6) is 5.75 Å². The van der Waals surface area contributed by atoms with Crippen molar-refractivity contribution < 1.29 is 15.0 Å². The Labute approximate surface area is 81.3 Å². The molecule has 0 radical (unpaired) electrons. The van der Waals surface area contributed by atoms with E-state index < -0.39 is 12.0 Å². The molecular weight excluding hydrogens is 182 g/mol. The van der Waals surface area contributed by atoms with Gasteiger partial charge >= 0.3 is 5.97 Å². The molecule has 1 aromatic rings. The zero-order valence-corrected chi connectivity index (χ0v) is 7.47. The third-order valence-electron chi connectivity index (χ3n) is 1.91. The minimum absolute atomic E-state index is 0.153. The fourth-order valence-corrected chi connectivity index (χ4v) is 1.13. The Balaban J connectivity index is 3.26. The molecule has 0 heterocycles. The maximum absolute atomic E-state index is 10.7. The van der Waals surface area contributed by atoms with Crippen LogP contribution in [0.25, 0.3) is 0 Å². The van der Waals surface area contributed by atoms with E-state index >= 15 is 0 Å². The third kappa shape index (κ3) is 1.75. The van der Waals surface area contributed by atoms with Gasteiger partial charge in [-0.3, -0.25) is 0 Å². The Morgan fingerprint density at radius 2 is 2.21 bits per heavy atom. The van der Waals surface area contributed by atoms with Gasteiger partial charge in [0.15, 0.2) is 0 Å².